The van der Waals surface area contributed by atoms with E-state index in [4.69, 9.17) is 5.73 Å². The van der Waals surface area contributed by atoms with Gasteiger partial charge in [-0.25, -0.2) is 0 Å². The fraction of sp³-hybridized carbons (Fsp3) is 0.722. The molecule has 0 heterocycles. The first-order valence-electron chi connectivity index (χ1n) is 8.05. The predicted molar refractivity (Wildman–Crippen MR) is 92.4 cm³/mol. The molecule has 0 saturated carbocycles. The van der Waals surface area contributed by atoms with Crippen LogP contribution in [0.1, 0.15) is 59.8 Å². The molecule has 2 nitrogen and oxygen atoms in total. The summed E-state index contributed by atoms with van der Waals surface area (Å²) in [6, 6.07) is 0. The lowest BCUT2D eigenvalue weighted by Crippen LogP contribution is -2.17. The van der Waals surface area contributed by atoms with E-state index in [1.54, 1.807) is 0 Å². The molecule has 0 spiro atoms. The summed E-state index contributed by atoms with van der Waals surface area (Å²) >= 11 is 0. The van der Waals surface area contributed by atoms with E-state index in [0.717, 1.165) is 45.2 Å². The molecular weight excluding hydrogens is 244 g/mol. The van der Waals surface area contributed by atoms with Crippen molar-refractivity contribution in [2.24, 2.45) is 22.6 Å². The zero-order chi connectivity index (χ0) is 15.4. The van der Waals surface area contributed by atoms with Crippen molar-refractivity contribution >= 4 is 5.71 Å². The molecule has 0 saturated heterocycles. The molecule has 116 valence electrons. The van der Waals surface area contributed by atoms with Crippen molar-refractivity contribution < 1.29 is 0 Å². The minimum atomic E-state index is 0.487. The van der Waals surface area contributed by atoms with E-state index in [1.165, 1.54) is 11.3 Å². The Morgan fingerprint density at radius 3 is 2.55 bits per heavy atom. The van der Waals surface area contributed by atoms with Crippen LogP contribution in [0.4, 0.5) is 0 Å². The average molecular weight is 278 g/mol. The first-order chi connectivity index (χ1) is 9.56. The normalized spacial score (nSPS) is 16.1. The second-order valence-corrected chi connectivity index (χ2v) is 5.69. The Labute approximate surface area is 126 Å². The molecule has 2 N–H and O–H groups in total. The van der Waals surface area contributed by atoms with Crippen molar-refractivity contribution in [2.75, 3.05) is 13.1 Å². The number of nitrogens with zero attached hydrogens (tertiary/aromatic N) is 1. The van der Waals surface area contributed by atoms with Crippen LogP contribution in [0.25, 0.3) is 0 Å². The van der Waals surface area contributed by atoms with Crippen LogP contribution in [-0.2, 0) is 0 Å². The molecule has 20 heavy (non-hydrogen) atoms. The topological polar surface area (TPSA) is 38.4 Å². The standard InChI is InChI=1S/C18H34N2/c1-6-15(3)11-10-12-18(7-2)16(4)17(5)20-14-9-8-13-19/h7,11,16,18H,2,6,8-10,12-14,19H2,1,3-5H3/b15-11+,20-17?. The molecule has 2 heteroatoms. The Hall–Kier alpha value is -0.890. The molecule has 0 amide bonds. The van der Waals surface area contributed by atoms with Crippen molar-refractivity contribution in [3.05, 3.63) is 24.3 Å². The molecule has 0 bridgehead atoms. The number of allylic oxidation sites excluding steroid dienone is 3. The molecule has 0 aromatic heterocycles. The number of hydrogen-bond acceptors (Lipinski definition) is 2. The van der Waals surface area contributed by atoms with Gasteiger partial charge in [0.25, 0.3) is 0 Å². The smallest absolute Gasteiger partial charge is 0.0389 e. The molecule has 0 radical (unpaired) electrons. The third kappa shape index (κ3) is 8.31. The third-order valence-corrected chi connectivity index (χ3v) is 4.13. The van der Waals surface area contributed by atoms with Gasteiger partial charge >= 0.3 is 0 Å². The summed E-state index contributed by atoms with van der Waals surface area (Å²) in [5.74, 6) is 1.01. The van der Waals surface area contributed by atoms with Crippen LogP contribution in [0, 0.1) is 11.8 Å². The lowest BCUT2D eigenvalue weighted by molar-refractivity contribution is 0.501. The Bertz CT molecular complexity index is 315. The molecule has 0 fully saturated rings. The van der Waals surface area contributed by atoms with Crippen LogP contribution in [0.2, 0.25) is 0 Å². The molecule has 2 atom stereocenters. The summed E-state index contributed by atoms with van der Waals surface area (Å²) in [5, 5.41) is 0. The highest BCUT2D eigenvalue weighted by Gasteiger charge is 2.15. The third-order valence-electron chi connectivity index (χ3n) is 4.13. The molecule has 0 aliphatic heterocycles. The Balaban J connectivity index is 4.30. The van der Waals surface area contributed by atoms with Gasteiger partial charge in [0.15, 0.2) is 0 Å². The lowest BCUT2D eigenvalue weighted by atomic mass is 9.86. The average Bonchev–Trinajstić information content (AvgIpc) is 2.46. The number of unbranched alkanes of at least 4 members (excludes halogenated alkanes) is 1. The molecule has 0 rings (SSSR count). The van der Waals surface area contributed by atoms with Gasteiger partial charge in [-0.05, 0) is 64.3 Å². The van der Waals surface area contributed by atoms with Gasteiger partial charge in [0, 0.05) is 12.3 Å². The second kappa shape index (κ2) is 11.9. The highest BCUT2D eigenvalue weighted by Crippen LogP contribution is 2.21. The zero-order valence-electron chi connectivity index (χ0n) is 14.0. The number of rotatable bonds is 11. The van der Waals surface area contributed by atoms with Crippen LogP contribution < -0.4 is 5.73 Å². The number of hydrogen-bond donors (Lipinski definition) is 1. The van der Waals surface area contributed by atoms with E-state index in [-0.39, 0.29) is 0 Å². The molecular formula is C18H34N2. The number of nitrogens with two attached hydrogens (primary N) is 1. The maximum Gasteiger partial charge on any atom is 0.0389 e. The summed E-state index contributed by atoms with van der Waals surface area (Å²) in [5.41, 5.74) is 8.23. The van der Waals surface area contributed by atoms with Gasteiger partial charge < -0.3 is 5.73 Å². The minimum Gasteiger partial charge on any atom is -0.330 e. The van der Waals surface area contributed by atoms with Crippen LogP contribution in [0.5, 0.6) is 0 Å². The van der Waals surface area contributed by atoms with Crippen molar-refractivity contribution in [2.45, 2.75) is 59.8 Å². The molecule has 0 aliphatic rings. The highest BCUT2D eigenvalue weighted by atomic mass is 14.7. The van der Waals surface area contributed by atoms with E-state index in [2.05, 4.69) is 51.4 Å². The van der Waals surface area contributed by atoms with Gasteiger partial charge in [-0.2, -0.15) is 0 Å². The van der Waals surface area contributed by atoms with Crippen LogP contribution in [0.15, 0.2) is 29.3 Å². The lowest BCUT2D eigenvalue weighted by Gasteiger charge is -2.20. The quantitative estimate of drug-likeness (QED) is 0.330. The zero-order valence-corrected chi connectivity index (χ0v) is 14.0. The van der Waals surface area contributed by atoms with Gasteiger partial charge in [0.2, 0.25) is 0 Å². The van der Waals surface area contributed by atoms with Gasteiger partial charge in [0.05, 0.1) is 0 Å². The maximum absolute atomic E-state index is 5.50. The van der Waals surface area contributed by atoms with Gasteiger partial charge in [0.1, 0.15) is 0 Å². The highest BCUT2D eigenvalue weighted by molar-refractivity contribution is 5.84. The minimum absolute atomic E-state index is 0.487. The molecule has 0 aromatic carbocycles. The Kier molecular flexibility index (Phi) is 11.4. The van der Waals surface area contributed by atoms with Gasteiger partial charge in [-0.1, -0.05) is 31.6 Å². The summed E-state index contributed by atoms with van der Waals surface area (Å²) in [7, 11) is 0. The summed E-state index contributed by atoms with van der Waals surface area (Å²) in [6.07, 6.45) is 10.1. The Morgan fingerprint density at radius 1 is 1.30 bits per heavy atom. The van der Waals surface area contributed by atoms with Crippen molar-refractivity contribution in [3.8, 4) is 0 Å². The second-order valence-electron chi connectivity index (χ2n) is 5.69. The van der Waals surface area contributed by atoms with E-state index < -0.39 is 0 Å². The van der Waals surface area contributed by atoms with Crippen molar-refractivity contribution in [3.63, 3.8) is 0 Å². The van der Waals surface area contributed by atoms with Gasteiger partial charge in [-0.15, -0.1) is 6.58 Å². The van der Waals surface area contributed by atoms with Crippen LogP contribution in [-0.4, -0.2) is 18.8 Å². The molecule has 2 unspecified atom stereocenters. The van der Waals surface area contributed by atoms with Crippen molar-refractivity contribution in [1.29, 1.82) is 0 Å². The largest absolute Gasteiger partial charge is 0.330 e. The Morgan fingerprint density at radius 2 is 2.00 bits per heavy atom. The molecule has 0 aromatic rings. The first-order valence-corrected chi connectivity index (χ1v) is 8.05. The summed E-state index contributed by atoms with van der Waals surface area (Å²) in [6.45, 7) is 14.5. The SMILES string of the molecule is C=CC(CC/C=C(\C)CC)C(C)C(C)=NCCCCN. The van der Waals surface area contributed by atoms with E-state index in [9.17, 15) is 0 Å². The van der Waals surface area contributed by atoms with Crippen LogP contribution >= 0.6 is 0 Å². The number of aliphatic imine (C=N–C) groups is 1. The fourth-order valence-electron chi connectivity index (χ4n) is 2.20. The first kappa shape index (κ1) is 19.1. The summed E-state index contributed by atoms with van der Waals surface area (Å²) < 4.78 is 0. The van der Waals surface area contributed by atoms with E-state index in [1.807, 2.05) is 0 Å². The van der Waals surface area contributed by atoms with E-state index >= 15 is 0 Å². The monoisotopic (exact) mass is 278 g/mol. The maximum atomic E-state index is 5.50. The predicted octanol–water partition coefficient (Wildman–Crippen LogP) is 4.76. The molecule has 0 aliphatic carbocycles. The fourth-order valence-corrected chi connectivity index (χ4v) is 2.20. The van der Waals surface area contributed by atoms with E-state index in [0.29, 0.717) is 11.8 Å². The van der Waals surface area contributed by atoms with Crippen LogP contribution in [0.3, 0.4) is 0 Å². The van der Waals surface area contributed by atoms with Crippen molar-refractivity contribution in [1.82, 2.24) is 0 Å². The van der Waals surface area contributed by atoms with Gasteiger partial charge in [-0.3, -0.25) is 4.99 Å². The summed E-state index contributed by atoms with van der Waals surface area (Å²) in [4.78, 5) is 4.69.